The third-order valence-corrected chi connectivity index (χ3v) is 4.86. The van der Waals surface area contributed by atoms with Crippen LogP contribution in [-0.2, 0) is 9.84 Å². The van der Waals surface area contributed by atoms with E-state index in [2.05, 4.69) is 0 Å². The van der Waals surface area contributed by atoms with Crippen LogP contribution in [0.5, 0.6) is 0 Å². The minimum Gasteiger partial charge on any atom is -0.312 e. The Morgan fingerprint density at radius 2 is 2.18 bits per heavy atom. The van der Waals surface area contributed by atoms with Crippen molar-refractivity contribution in [2.75, 3.05) is 6.26 Å². The molecule has 1 saturated carbocycles. The Balaban J connectivity index is 2.46. The third-order valence-electron chi connectivity index (χ3n) is 3.04. The second kappa shape index (κ2) is 3.70. The van der Waals surface area contributed by atoms with E-state index in [0.717, 1.165) is 6.26 Å². The Bertz CT molecular complexity index is 608. The molecule has 1 aliphatic rings. The summed E-state index contributed by atoms with van der Waals surface area (Å²) in [5.41, 5.74) is 5.18. The Hall–Kier alpha value is -1.09. The van der Waals surface area contributed by atoms with E-state index in [1.165, 1.54) is 0 Å². The van der Waals surface area contributed by atoms with Crippen LogP contribution in [-0.4, -0.2) is 25.5 Å². The summed E-state index contributed by atoms with van der Waals surface area (Å²) in [5, 5.41) is 8.68. The number of hydrogen-bond acceptors (Lipinski definition) is 4. The molecule has 1 aromatic carbocycles. The van der Waals surface area contributed by atoms with Crippen molar-refractivity contribution in [2.45, 2.75) is 16.7 Å². The van der Waals surface area contributed by atoms with Crippen LogP contribution in [0.15, 0.2) is 24.3 Å². The zero-order valence-corrected chi connectivity index (χ0v) is 10.7. The average molecular weight is 271 g/mol. The van der Waals surface area contributed by atoms with Crippen LogP contribution in [0.25, 0.3) is 0 Å². The lowest BCUT2D eigenvalue weighted by Crippen LogP contribution is -2.28. The quantitative estimate of drug-likeness (QED) is 0.871. The normalized spacial score (nSPS) is 31.9. The second-order valence-electron chi connectivity index (χ2n) is 4.33. The summed E-state index contributed by atoms with van der Waals surface area (Å²) in [5.74, 6) is -0.499. The van der Waals surface area contributed by atoms with Crippen molar-refractivity contribution in [3.05, 3.63) is 34.9 Å². The third kappa shape index (κ3) is 1.93. The van der Waals surface area contributed by atoms with Crippen molar-refractivity contribution in [1.82, 2.24) is 0 Å². The highest BCUT2D eigenvalue weighted by atomic mass is 35.5. The Kier molecular flexibility index (Phi) is 2.69. The number of rotatable bonds is 2. The molecule has 1 fully saturated rings. The molecule has 0 unspecified atom stereocenters. The number of sulfone groups is 1. The highest BCUT2D eigenvalue weighted by Gasteiger charge is 2.69. The maximum atomic E-state index is 11.6. The molecule has 0 heterocycles. The molecule has 0 aromatic heterocycles. The summed E-state index contributed by atoms with van der Waals surface area (Å²) in [6.07, 6.45) is 1.10. The highest BCUT2D eigenvalue weighted by molar-refractivity contribution is 7.91. The lowest BCUT2D eigenvalue weighted by Gasteiger charge is -2.00. The minimum atomic E-state index is -3.35. The van der Waals surface area contributed by atoms with Crippen LogP contribution in [0.4, 0.5) is 0 Å². The largest absolute Gasteiger partial charge is 0.312 e. The fraction of sp³-hybridized carbons (Fsp3) is 0.364. The maximum absolute atomic E-state index is 11.6. The van der Waals surface area contributed by atoms with E-state index < -0.39 is 26.5 Å². The van der Waals surface area contributed by atoms with E-state index in [1.54, 1.807) is 24.3 Å². The molecule has 0 amide bonds. The van der Waals surface area contributed by atoms with E-state index in [9.17, 15) is 8.42 Å². The molecule has 0 saturated heterocycles. The summed E-state index contributed by atoms with van der Waals surface area (Å²) in [6.45, 7) is 0. The van der Waals surface area contributed by atoms with Crippen molar-refractivity contribution in [3.8, 4) is 6.07 Å². The molecule has 0 bridgehead atoms. The topological polar surface area (TPSA) is 83.9 Å². The van der Waals surface area contributed by atoms with Crippen LogP contribution in [0.1, 0.15) is 11.5 Å². The van der Waals surface area contributed by atoms with Gasteiger partial charge in [0.15, 0.2) is 9.84 Å². The van der Waals surface area contributed by atoms with Gasteiger partial charge in [0.2, 0.25) is 0 Å². The molecule has 1 aromatic rings. The molecule has 90 valence electrons. The van der Waals surface area contributed by atoms with Crippen molar-refractivity contribution in [2.24, 2.45) is 5.73 Å². The van der Waals surface area contributed by atoms with Crippen LogP contribution in [0, 0.1) is 11.3 Å². The number of hydrogen-bond donors (Lipinski definition) is 1. The van der Waals surface area contributed by atoms with E-state index in [-0.39, 0.29) is 0 Å². The first-order valence-corrected chi connectivity index (χ1v) is 7.28. The second-order valence-corrected chi connectivity index (χ2v) is 6.93. The highest BCUT2D eigenvalue weighted by Crippen LogP contribution is 2.53. The van der Waals surface area contributed by atoms with E-state index in [1.807, 2.05) is 6.07 Å². The fourth-order valence-corrected chi connectivity index (χ4v) is 4.16. The first kappa shape index (κ1) is 12.4. The predicted molar refractivity (Wildman–Crippen MR) is 65.4 cm³/mol. The van der Waals surface area contributed by atoms with Gasteiger partial charge in [-0.15, -0.1) is 0 Å². The van der Waals surface area contributed by atoms with Gasteiger partial charge in [-0.3, -0.25) is 0 Å². The molecule has 1 aliphatic carbocycles. The Morgan fingerprint density at radius 3 is 2.59 bits per heavy atom. The SMILES string of the molecule is CS(=O)(=O)[C@H]1[C@@H](c2cccc(Cl)c2)[C@@]1(N)C#N. The monoisotopic (exact) mass is 270 g/mol. The van der Waals surface area contributed by atoms with Crippen molar-refractivity contribution < 1.29 is 8.42 Å². The summed E-state index contributed by atoms with van der Waals surface area (Å²) >= 11 is 5.84. The lowest BCUT2D eigenvalue weighted by atomic mass is 10.1. The number of nitrogens with two attached hydrogens (primary N) is 1. The predicted octanol–water partition coefficient (Wildman–Crippen LogP) is 1.07. The fourth-order valence-electron chi connectivity index (χ4n) is 2.26. The van der Waals surface area contributed by atoms with Gasteiger partial charge in [0, 0.05) is 17.2 Å². The minimum absolute atomic E-state index is 0.499. The van der Waals surface area contributed by atoms with Gasteiger partial charge in [-0.2, -0.15) is 5.26 Å². The van der Waals surface area contributed by atoms with E-state index in [0.29, 0.717) is 10.6 Å². The summed E-state index contributed by atoms with van der Waals surface area (Å²) in [4.78, 5) is 0. The van der Waals surface area contributed by atoms with Gasteiger partial charge >= 0.3 is 0 Å². The zero-order valence-electron chi connectivity index (χ0n) is 9.09. The van der Waals surface area contributed by atoms with Crippen LogP contribution in [0.2, 0.25) is 5.02 Å². The molecule has 0 spiro atoms. The number of halogens is 1. The van der Waals surface area contributed by atoms with E-state index >= 15 is 0 Å². The summed E-state index contributed by atoms with van der Waals surface area (Å²) < 4.78 is 23.1. The van der Waals surface area contributed by atoms with Gasteiger partial charge in [0.05, 0.1) is 6.07 Å². The first-order chi connectivity index (χ1) is 7.80. The lowest BCUT2D eigenvalue weighted by molar-refractivity contribution is 0.597. The van der Waals surface area contributed by atoms with Crippen molar-refractivity contribution in [1.29, 1.82) is 5.26 Å². The van der Waals surface area contributed by atoms with Gasteiger partial charge in [-0.1, -0.05) is 23.7 Å². The molecule has 2 rings (SSSR count). The molecule has 2 N–H and O–H groups in total. The average Bonchev–Trinajstić information content (AvgIpc) is 2.86. The maximum Gasteiger partial charge on any atom is 0.153 e. The zero-order chi connectivity index (χ0) is 12.8. The van der Waals surface area contributed by atoms with Crippen molar-refractivity contribution >= 4 is 21.4 Å². The Labute approximate surface area is 105 Å². The number of nitriles is 1. The van der Waals surface area contributed by atoms with Crippen LogP contribution < -0.4 is 5.73 Å². The molecular weight excluding hydrogens is 260 g/mol. The van der Waals surface area contributed by atoms with Gasteiger partial charge in [0.25, 0.3) is 0 Å². The smallest absolute Gasteiger partial charge is 0.153 e. The molecule has 6 heteroatoms. The molecule has 3 atom stereocenters. The molecule has 17 heavy (non-hydrogen) atoms. The first-order valence-electron chi connectivity index (χ1n) is 4.95. The molecule has 0 aliphatic heterocycles. The number of benzene rings is 1. The standard InChI is InChI=1S/C11H11ClN2O2S/c1-17(15,16)10-9(11(10,14)6-13)7-3-2-4-8(12)5-7/h2-5,9-10H,14H2,1H3/t9-,10+,11+/m1/s1. The molecule has 4 nitrogen and oxygen atoms in total. The van der Waals surface area contributed by atoms with Gasteiger partial charge in [-0.25, -0.2) is 8.42 Å². The molecular formula is C11H11ClN2O2S. The van der Waals surface area contributed by atoms with Crippen molar-refractivity contribution in [3.63, 3.8) is 0 Å². The van der Waals surface area contributed by atoms with E-state index in [4.69, 9.17) is 22.6 Å². The van der Waals surface area contributed by atoms with Gasteiger partial charge in [0.1, 0.15) is 10.8 Å². The van der Waals surface area contributed by atoms with Gasteiger partial charge < -0.3 is 5.73 Å². The summed E-state index contributed by atoms with van der Waals surface area (Å²) in [7, 11) is -3.35. The Morgan fingerprint density at radius 1 is 1.53 bits per heavy atom. The van der Waals surface area contributed by atoms with Crippen LogP contribution >= 0.6 is 11.6 Å². The van der Waals surface area contributed by atoms with Gasteiger partial charge in [-0.05, 0) is 17.7 Å². The summed E-state index contributed by atoms with van der Waals surface area (Å²) in [6, 6.07) is 8.68. The number of nitrogens with zero attached hydrogens (tertiary/aromatic N) is 1. The molecule has 0 radical (unpaired) electrons. The van der Waals surface area contributed by atoms with Crippen LogP contribution in [0.3, 0.4) is 0 Å².